The lowest BCUT2D eigenvalue weighted by atomic mass is 9.94. The molecule has 4 nitrogen and oxygen atoms in total. The summed E-state index contributed by atoms with van der Waals surface area (Å²) in [4.78, 5) is 13.9. The normalized spacial score (nSPS) is 24.1. The molecule has 1 heterocycles. The number of aromatic hydroxyl groups is 1. The van der Waals surface area contributed by atoms with E-state index < -0.39 is 5.60 Å². The van der Waals surface area contributed by atoms with Crippen molar-refractivity contribution in [2.75, 3.05) is 13.1 Å². The minimum absolute atomic E-state index is 0.0459. The van der Waals surface area contributed by atoms with Crippen molar-refractivity contribution >= 4 is 21.8 Å². The first kappa shape index (κ1) is 13.4. The Morgan fingerprint density at radius 1 is 1.50 bits per heavy atom. The molecule has 0 spiro atoms. The van der Waals surface area contributed by atoms with Crippen LogP contribution in [0.2, 0.25) is 0 Å². The highest BCUT2D eigenvalue weighted by molar-refractivity contribution is 9.10. The van der Waals surface area contributed by atoms with Gasteiger partial charge < -0.3 is 15.1 Å². The quantitative estimate of drug-likeness (QED) is 0.835. The molecule has 1 fully saturated rings. The van der Waals surface area contributed by atoms with Crippen LogP contribution in [0.4, 0.5) is 0 Å². The van der Waals surface area contributed by atoms with Crippen LogP contribution >= 0.6 is 15.9 Å². The van der Waals surface area contributed by atoms with Crippen LogP contribution in [0.15, 0.2) is 22.7 Å². The second kappa shape index (κ2) is 4.90. The number of piperidine rings is 1. The van der Waals surface area contributed by atoms with E-state index in [1.165, 1.54) is 6.07 Å². The van der Waals surface area contributed by atoms with Crippen molar-refractivity contribution in [3.63, 3.8) is 0 Å². The van der Waals surface area contributed by atoms with Crippen LogP contribution in [0.3, 0.4) is 0 Å². The van der Waals surface area contributed by atoms with Crippen molar-refractivity contribution in [3.8, 4) is 5.75 Å². The highest BCUT2D eigenvalue weighted by Crippen LogP contribution is 2.26. The number of carbonyl (C=O) groups is 1. The zero-order chi connectivity index (χ0) is 13.3. The van der Waals surface area contributed by atoms with Gasteiger partial charge in [-0.1, -0.05) is 0 Å². The van der Waals surface area contributed by atoms with Gasteiger partial charge in [-0.25, -0.2) is 0 Å². The largest absolute Gasteiger partial charge is 0.507 e. The number of hydrogen-bond donors (Lipinski definition) is 2. The van der Waals surface area contributed by atoms with E-state index in [2.05, 4.69) is 15.9 Å². The number of benzene rings is 1. The Morgan fingerprint density at radius 2 is 2.22 bits per heavy atom. The van der Waals surface area contributed by atoms with Crippen molar-refractivity contribution in [2.45, 2.75) is 25.4 Å². The van der Waals surface area contributed by atoms with Crippen LogP contribution in [0.1, 0.15) is 30.1 Å². The maximum atomic E-state index is 12.2. The number of phenols is 1. The highest BCUT2D eigenvalue weighted by Gasteiger charge is 2.31. The summed E-state index contributed by atoms with van der Waals surface area (Å²) in [6.07, 6.45) is 1.50. The van der Waals surface area contributed by atoms with E-state index in [1.807, 2.05) is 0 Å². The first-order chi connectivity index (χ1) is 8.39. The molecular formula is C13H16BrNO3. The van der Waals surface area contributed by atoms with E-state index in [4.69, 9.17) is 0 Å². The third-order valence-corrected chi connectivity index (χ3v) is 3.83. The average molecular weight is 314 g/mol. The van der Waals surface area contributed by atoms with Gasteiger partial charge >= 0.3 is 0 Å². The first-order valence-electron chi connectivity index (χ1n) is 5.89. The number of amides is 1. The van der Waals surface area contributed by atoms with Gasteiger partial charge in [0.2, 0.25) is 0 Å². The molecule has 0 radical (unpaired) electrons. The van der Waals surface area contributed by atoms with Crippen LogP contribution < -0.4 is 0 Å². The van der Waals surface area contributed by atoms with Crippen LogP contribution in [-0.2, 0) is 0 Å². The number of hydrogen-bond acceptors (Lipinski definition) is 3. The first-order valence-corrected chi connectivity index (χ1v) is 6.68. The van der Waals surface area contributed by atoms with Gasteiger partial charge in [-0.15, -0.1) is 0 Å². The number of nitrogens with zero attached hydrogens (tertiary/aromatic N) is 1. The number of carbonyl (C=O) groups excluding carboxylic acids is 1. The summed E-state index contributed by atoms with van der Waals surface area (Å²) in [5.41, 5.74) is -0.376. The molecule has 1 amide bonds. The average Bonchev–Trinajstić information content (AvgIpc) is 2.30. The molecule has 0 aromatic heterocycles. The van der Waals surface area contributed by atoms with Gasteiger partial charge in [0.05, 0.1) is 10.1 Å². The zero-order valence-corrected chi connectivity index (χ0v) is 11.8. The summed E-state index contributed by atoms with van der Waals surface area (Å²) >= 11 is 3.18. The van der Waals surface area contributed by atoms with Gasteiger partial charge in [0.15, 0.2) is 0 Å². The molecule has 0 saturated carbocycles. The predicted octanol–water partition coefficient (Wildman–Crippen LogP) is 2.14. The van der Waals surface area contributed by atoms with Crippen LogP contribution in [0.5, 0.6) is 5.75 Å². The number of β-amino-alcohol motifs (C(OH)–C–C–N with tert-alkyl or cyclic N) is 1. The molecular weight excluding hydrogens is 298 g/mol. The Kier molecular flexibility index (Phi) is 3.64. The summed E-state index contributed by atoms with van der Waals surface area (Å²) in [5.74, 6) is -0.109. The van der Waals surface area contributed by atoms with Gasteiger partial charge in [0.1, 0.15) is 5.75 Å². The number of rotatable bonds is 1. The molecule has 1 aromatic rings. The van der Waals surface area contributed by atoms with Crippen molar-refractivity contribution < 1.29 is 15.0 Å². The second-order valence-corrected chi connectivity index (χ2v) is 5.85. The molecule has 1 atom stereocenters. The molecule has 1 unspecified atom stereocenters. The molecule has 0 bridgehead atoms. The van der Waals surface area contributed by atoms with Crippen LogP contribution in [0, 0.1) is 0 Å². The molecule has 1 saturated heterocycles. The number of aliphatic hydroxyl groups is 1. The maximum absolute atomic E-state index is 12.2. The molecule has 2 N–H and O–H groups in total. The summed E-state index contributed by atoms with van der Waals surface area (Å²) in [7, 11) is 0. The zero-order valence-electron chi connectivity index (χ0n) is 10.2. The Morgan fingerprint density at radius 3 is 2.83 bits per heavy atom. The van der Waals surface area contributed by atoms with Crippen molar-refractivity contribution in [2.24, 2.45) is 0 Å². The highest BCUT2D eigenvalue weighted by atomic mass is 79.9. The van der Waals surface area contributed by atoms with Crippen LogP contribution in [-0.4, -0.2) is 39.7 Å². The molecule has 5 heteroatoms. The van der Waals surface area contributed by atoms with E-state index in [0.717, 1.165) is 6.42 Å². The molecule has 2 rings (SSSR count). The fourth-order valence-corrected chi connectivity index (χ4v) is 2.47. The third kappa shape index (κ3) is 2.84. The van der Waals surface area contributed by atoms with E-state index in [0.29, 0.717) is 29.5 Å². The Balaban J connectivity index is 2.18. The van der Waals surface area contributed by atoms with E-state index in [1.54, 1.807) is 24.0 Å². The van der Waals surface area contributed by atoms with Gasteiger partial charge in [-0.2, -0.15) is 0 Å². The SMILES string of the molecule is CC1(O)CCCN(C(=O)c2ccc(Br)c(O)c2)C1. The van der Waals surface area contributed by atoms with Gasteiger partial charge in [-0.05, 0) is 53.9 Å². The predicted molar refractivity (Wildman–Crippen MR) is 71.6 cm³/mol. The van der Waals surface area contributed by atoms with Crippen molar-refractivity contribution in [1.82, 2.24) is 4.90 Å². The monoisotopic (exact) mass is 313 g/mol. The van der Waals surface area contributed by atoms with E-state index >= 15 is 0 Å². The fourth-order valence-electron chi connectivity index (χ4n) is 2.22. The lowest BCUT2D eigenvalue weighted by Gasteiger charge is -2.36. The molecule has 18 heavy (non-hydrogen) atoms. The molecule has 1 aliphatic heterocycles. The number of likely N-dealkylation sites (tertiary alicyclic amines) is 1. The van der Waals surface area contributed by atoms with Crippen molar-refractivity contribution in [1.29, 1.82) is 0 Å². The lowest BCUT2D eigenvalue weighted by molar-refractivity contribution is -0.0107. The maximum Gasteiger partial charge on any atom is 0.254 e. The van der Waals surface area contributed by atoms with Gasteiger partial charge in [0, 0.05) is 18.7 Å². The second-order valence-electron chi connectivity index (χ2n) is 4.99. The standard InChI is InChI=1S/C13H16BrNO3/c1-13(18)5-2-6-15(8-13)12(17)9-3-4-10(14)11(16)7-9/h3-4,7,16,18H,2,5-6,8H2,1H3. The molecule has 1 aliphatic rings. The van der Waals surface area contributed by atoms with Crippen molar-refractivity contribution in [3.05, 3.63) is 28.2 Å². The number of phenolic OH excluding ortho intramolecular Hbond substituents is 1. The Bertz CT molecular complexity index is 473. The van der Waals surface area contributed by atoms with Gasteiger partial charge in [-0.3, -0.25) is 4.79 Å². The molecule has 1 aromatic carbocycles. The molecule has 0 aliphatic carbocycles. The Labute approximate surface area is 114 Å². The van der Waals surface area contributed by atoms with E-state index in [-0.39, 0.29) is 11.7 Å². The summed E-state index contributed by atoms with van der Waals surface area (Å²) in [6, 6.07) is 4.75. The molecule has 98 valence electrons. The minimum atomic E-state index is -0.814. The fraction of sp³-hybridized carbons (Fsp3) is 0.462. The topological polar surface area (TPSA) is 60.8 Å². The summed E-state index contributed by atoms with van der Waals surface area (Å²) in [5, 5.41) is 19.6. The minimum Gasteiger partial charge on any atom is -0.507 e. The number of halogens is 1. The van der Waals surface area contributed by atoms with Gasteiger partial charge in [0.25, 0.3) is 5.91 Å². The summed E-state index contributed by atoms with van der Waals surface area (Å²) in [6.45, 7) is 2.72. The summed E-state index contributed by atoms with van der Waals surface area (Å²) < 4.78 is 0.560. The lowest BCUT2D eigenvalue weighted by Crippen LogP contribution is -2.48. The third-order valence-electron chi connectivity index (χ3n) is 3.16. The smallest absolute Gasteiger partial charge is 0.254 e. The van der Waals surface area contributed by atoms with Crippen LogP contribution in [0.25, 0.3) is 0 Å². The van der Waals surface area contributed by atoms with E-state index in [9.17, 15) is 15.0 Å². The Hall–Kier alpha value is -1.07.